The SMILES string of the molecule is CC1CCN(C(=O)CN2CCC3(CCC2=O)NC(=O)c2cc(Cl)ccc2N3)CC1. The minimum absolute atomic E-state index is 0.0156. The molecule has 3 aliphatic rings. The quantitative estimate of drug-likeness (QED) is 0.773. The van der Waals surface area contributed by atoms with Crippen molar-refractivity contribution in [1.29, 1.82) is 0 Å². The van der Waals surface area contributed by atoms with Crippen molar-refractivity contribution in [2.75, 3.05) is 31.5 Å². The highest BCUT2D eigenvalue weighted by atomic mass is 35.5. The second kappa shape index (κ2) is 7.86. The Hall–Kier alpha value is -2.28. The van der Waals surface area contributed by atoms with Crippen LogP contribution >= 0.6 is 11.6 Å². The molecule has 2 N–H and O–H groups in total. The fourth-order valence-corrected chi connectivity index (χ4v) is 4.55. The van der Waals surface area contributed by atoms with Crippen LogP contribution in [0.25, 0.3) is 0 Å². The summed E-state index contributed by atoms with van der Waals surface area (Å²) in [6.45, 7) is 4.28. The highest BCUT2D eigenvalue weighted by Gasteiger charge is 2.41. The zero-order valence-corrected chi connectivity index (χ0v) is 17.4. The Balaban J connectivity index is 1.43. The summed E-state index contributed by atoms with van der Waals surface area (Å²) in [5.74, 6) is 0.429. The second-order valence-corrected chi connectivity index (χ2v) is 8.92. The molecule has 2 fully saturated rings. The first kappa shape index (κ1) is 20.0. The van der Waals surface area contributed by atoms with Crippen LogP contribution in [0.15, 0.2) is 18.2 Å². The summed E-state index contributed by atoms with van der Waals surface area (Å²) >= 11 is 6.01. The number of amides is 3. The van der Waals surface area contributed by atoms with Gasteiger partial charge in [0.25, 0.3) is 5.91 Å². The summed E-state index contributed by atoms with van der Waals surface area (Å²) in [5.41, 5.74) is 0.536. The molecule has 0 saturated carbocycles. The van der Waals surface area contributed by atoms with Gasteiger partial charge < -0.3 is 20.4 Å². The molecule has 0 aliphatic carbocycles. The average Bonchev–Trinajstić information content (AvgIpc) is 2.83. The van der Waals surface area contributed by atoms with Gasteiger partial charge >= 0.3 is 0 Å². The summed E-state index contributed by atoms with van der Waals surface area (Å²) < 4.78 is 0. The van der Waals surface area contributed by atoms with Crippen LogP contribution in [0, 0.1) is 5.92 Å². The Morgan fingerprint density at radius 1 is 1.17 bits per heavy atom. The number of carbonyl (C=O) groups excluding carboxylic acids is 3. The molecule has 0 radical (unpaired) electrons. The first-order valence-electron chi connectivity index (χ1n) is 10.3. The maximum Gasteiger partial charge on any atom is 0.255 e. The lowest BCUT2D eigenvalue weighted by molar-refractivity contribution is -0.141. The summed E-state index contributed by atoms with van der Waals surface area (Å²) in [6.07, 6.45) is 3.33. The molecule has 3 aliphatic heterocycles. The molecule has 1 aromatic rings. The number of likely N-dealkylation sites (tertiary alicyclic amines) is 2. The molecule has 1 atom stereocenters. The number of nitrogens with one attached hydrogen (secondary N) is 2. The van der Waals surface area contributed by atoms with Crippen LogP contribution in [0.5, 0.6) is 0 Å². The lowest BCUT2D eigenvalue weighted by atomic mass is 9.95. The minimum Gasteiger partial charge on any atom is -0.362 e. The molecule has 1 spiro atoms. The molecule has 0 bridgehead atoms. The van der Waals surface area contributed by atoms with Gasteiger partial charge in [-0.1, -0.05) is 18.5 Å². The highest BCUT2D eigenvalue weighted by molar-refractivity contribution is 6.31. The fraction of sp³-hybridized carbons (Fsp3) is 0.571. The fourth-order valence-electron chi connectivity index (χ4n) is 4.38. The van der Waals surface area contributed by atoms with Gasteiger partial charge in [-0.05, 0) is 43.4 Å². The van der Waals surface area contributed by atoms with Gasteiger partial charge in [0.05, 0.1) is 12.1 Å². The number of fused-ring (bicyclic) bond motifs is 1. The third-order valence-electron chi connectivity index (χ3n) is 6.34. The Morgan fingerprint density at radius 2 is 1.93 bits per heavy atom. The van der Waals surface area contributed by atoms with E-state index in [9.17, 15) is 14.4 Å². The predicted octanol–water partition coefficient (Wildman–Crippen LogP) is 2.46. The molecule has 3 heterocycles. The minimum atomic E-state index is -0.689. The molecule has 3 amide bonds. The number of hydrogen-bond donors (Lipinski definition) is 2. The Bertz CT molecular complexity index is 837. The maximum atomic E-state index is 12.7. The topological polar surface area (TPSA) is 81.8 Å². The van der Waals surface area contributed by atoms with Gasteiger partial charge in [0, 0.05) is 43.2 Å². The van der Waals surface area contributed by atoms with Crippen LogP contribution in [-0.4, -0.2) is 59.4 Å². The summed E-state index contributed by atoms with van der Waals surface area (Å²) in [6, 6.07) is 5.17. The van der Waals surface area contributed by atoms with Crippen LogP contribution in [0.3, 0.4) is 0 Å². The predicted molar refractivity (Wildman–Crippen MR) is 111 cm³/mol. The number of carbonyl (C=O) groups is 3. The molecule has 7 nitrogen and oxygen atoms in total. The number of halogens is 1. The monoisotopic (exact) mass is 418 g/mol. The lowest BCUT2D eigenvalue weighted by Gasteiger charge is -2.40. The van der Waals surface area contributed by atoms with Crippen molar-refractivity contribution in [2.24, 2.45) is 5.92 Å². The van der Waals surface area contributed by atoms with Crippen molar-refractivity contribution in [3.63, 3.8) is 0 Å². The van der Waals surface area contributed by atoms with Crippen LogP contribution in [-0.2, 0) is 9.59 Å². The Kier molecular flexibility index (Phi) is 5.42. The summed E-state index contributed by atoms with van der Waals surface area (Å²) in [4.78, 5) is 41.5. The van der Waals surface area contributed by atoms with E-state index in [2.05, 4.69) is 17.6 Å². The smallest absolute Gasteiger partial charge is 0.255 e. The van der Waals surface area contributed by atoms with Crippen molar-refractivity contribution in [2.45, 2.75) is 44.7 Å². The molecule has 29 heavy (non-hydrogen) atoms. The number of piperidine rings is 1. The van der Waals surface area contributed by atoms with Crippen molar-refractivity contribution >= 4 is 35.0 Å². The molecule has 8 heteroatoms. The van der Waals surface area contributed by atoms with Crippen molar-refractivity contribution < 1.29 is 14.4 Å². The van der Waals surface area contributed by atoms with E-state index in [1.165, 1.54) is 0 Å². The van der Waals surface area contributed by atoms with Crippen LogP contribution in [0.2, 0.25) is 5.02 Å². The number of hydrogen-bond acceptors (Lipinski definition) is 4. The number of anilines is 1. The summed E-state index contributed by atoms with van der Waals surface area (Å²) in [7, 11) is 0. The number of nitrogens with zero attached hydrogens (tertiary/aromatic N) is 2. The standard InChI is InChI=1S/C21H27ClN4O3/c1-14-5-9-25(10-6-14)19(28)13-26-11-8-21(7-4-18(26)27)23-17-3-2-15(22)12-16(17)20(29)24-21/h2-3,12,14,23H,4-11,13H2,1H3,(H,24,29). The molecule has 4 rings (SSSR count). The summed E-state index contributed by atoms with van der Waals surface area (Å²) in [5, 5.41) is 6.95. The van der Waals surface area contributed by atoms with E-state index in [0.717, 1.165) is 31.6 Å². The molecular formula is C21H27ClN4O3. The normalized spacial score (nSPS) is 25.3. The van der Waals surface area contributed by atoms with Gasteiger partial charge in [0.15, 0.2) is 0 Å². The van der Waals surface area contributed by atoms with E-state index >= 15 is 0 Å². The molecule has 156 valence electrons. The van der Waals surface area contributed by atoms with Crippen LogP contribution < -0.4 is 10.6 Å². The first-order chi connectivity index (χ1) is 13.8. The van der Waals surface area contributed by atoms with E-state index in [1.807, 2.05) is 4.90 Å². The van der Waals surface area contributed by atoms with Crippen molar-refractivity contribution in [3.8, 4) is 0 Å². The third-order valence-corrected chi connectivity index (χ3v) is 6.58. The zero-order valence-electron chi connectivity index (χ0n) is 16.7. The van der Waals surface area contributed by atoms with Gasteiger partial charge in [-0.3, -0.25) is 14.4 Å². The maximum absolute atomic E-state index is 12.7. The average molecular weight is 419 g/mol. The third kappa shape index (κ3) is 4.20. The molecule has 1 aromatic carbocycles. The van der Waals surface area contributed by atoms with Gasteiger partial charge in [0.1, 0.15) is 5.66 Å². The van der Waals surface area contributed by atoms with Gasteiger partial charge in [0.2, 0.25) is 11.8 Å². The van der Waals surface area contributed by atoms with Gasteiger partial charge in [-0.15, -0.1) is 0 Å². The van der Waals surface area contributed by atoms with Crippen LogP contribution in [0.4, 0.5) is 5.69 Å². The van der Waals surface area contributed by atoms with E-state index in [1.54, 1.807) is 23.1 Å². The number of rotatable bonds is 2. The zero-order chi connectivity index (χ0) is 20.6. The van der Waals surface area contributed by atoms with Crippen LogP contribution in [0.1, 0.15) is 49.4 Å². The molecule has 1 unspecified atom stereocenters. The van der Waals surface area contributed by atoms with E-state index in [4.69, 9.17) is 11.6 Å². The molecule has 2 saturated heterocycles. The van der Waals surface area contributed by atoms with E-state index < -0.39 is 5.66 Å². The van der Waals surface area contributed by atoms with Gasteiger partial charge in [-0.25, -0.2) is 0 Å². The second-order valence-electron chi connectivity index (χ2n) is 8.48. The number of benzene rings is 1. The van der Waals surface area contributed by atoms with Gasteiger partial charge in [-0.2, -0.15) is 0 Å². The van der Waals surface area contributed by atoms with Crippen molar-refractivity contribution in [1.82, 2.24) is 15.1 Å². The first-order valence-corrected chi connectivity index (χ1v) is 10.7. The lowest BCUT2D eigenvalue weighted by Crippen LogP contribution is -2.58. The Morgan fingerprint density at radius 3 is 2.69 bits per heavy atom. The largest absolute Gasteiger partial charge is 0.362 e. The Labute approximate surface area is 175 Å². The van der Waals surface area contributed by atoms with Crippen molar-refractivity contribution in [3.05, 3.63) is 28.8 Å². The molecular weight excluding hydrogens is 392 g/mol. The molecule has 0 aromatic heterocycles. The highest BCUT2D eigenvalue weighted by Crippen LogP contribution is 2.33. The van der Waals surface area contributed by atoms with E-state index in [-0.39, 0.29) is 30.7 Å². The van der Waals surface area contributed by atoms with E-state index in [0.29, 0.717) is 35.9 Å².